The molecule has 1 aliphatic heterocycles. The number of ether oxygens (including phenoxy) is 1. The van der Waals surface area contributed by atoms with Crippen LogP contribution in [0.5, 0.6) is 0 Å². The molecular formula is C11H11NO3S. The molecule has 0 aromatic heterocycles. The lowest BCUT2D eigenvalue weighted by Gasteiger charge is -2.09. The minimum Gasteiger partial charge on any atom is -0.497 e. The second kappa shape index (κ2) is 4.11. The summed E-state index contributed by atoms with van der Waals surface area (Å²) >= 11 is 0. The molecule has 2 N–H and O–H groups in total. The predicted molar refractivity (Wildman–Crippen MR) is 60.9 cm³/mol. The fourth-order valence-electron chi connectivity index (χ4n) is 1.45. The quantitative estimate of drug-likeness (QED) is 0.841. The average Bonchev–Trinajstić information content (AvgIpc) is 2.29. The molecule has 0 amide bonds. The van der Waals surface area contributed by atoms with Gasteiger partial charge in [0.1, 0.15) is 6.61 Å². The summed E-state index contributed by atoms with van der Waals surface area (Å²) < 4.78 is 27.4. The van der Waals surface area contributed by atoms with Gasteiger partial charge in [0, 0.05) is 0 Å². The molecule has 1 aliphatic rings. The second-order valence-corrected chi connectivity index (χ2v) is 4.93. The summed E-state index contributed by atoms with van der Waals surface area (Å²) in [6.07, 6.45) is 5.24. The maximum absolute atomic E-state index is 11.2. The third-order valence-corrected chi connectivity index (χ3v) is 3.15. The summed E-state index contributed by atoms with van der Waals surface area (Å²) in [6.45, 7) is 0.492. The van der Waals surface area contributed by atoms with E-state index < -0.39 is 10.0 Å². The van der Waals surface area contributed by atoms with Gasteiger partial charge in [0.2, 0.25) is 10.0 Å². The van der Waals surface area contributed by atoms with E-state index in [2.05, 4.69) is 0 Å². The average molecular weight is 237 g/mol. The van der Waals surface area contributed by atoms with Gasteiger partial charge >= 0.3 is 0 Å². The zero-order valence-corrected chi connectivity index (χ0v) is 9.28. The van der Waals surface area contributed by atoms with Crippen LogP contribution in [-0.4, -0.2) is 15.0 Å². The monoisotopic (exact) mass is 237 g/mol. The first-order valence-electron chi connectivity index (χ1n) is 4.69. The third-order valence-electron chi connectivity index (χ3n) is 2.24. The van der Waals surface area contributed by atoms with Crippen LogP contribution in [0.3, 0.4) is 0 Å². The zero-order chi connectivity index (χ0) is 11.6. The van der Waals surface area contributed by atoms with Crippen molar-refractivity contribution in [2.75, 3.05) is 6.61 Å². The summed E-state index contributed by atoms with van der Waals surface area (Å²) in [6, 6.07) is 6.52. The lowest BCUT2D eigenvalue weighted by Crippen LogP contribution is -2.12. The third kappa shape index (κ3) is 2.32. The van der Waals surface area contributed by atoms with Crippen LogP contribution < -0.4 is 5.14 Å². The van der Waals surface area contributed by atoms with Gasteiger partial charge in [0.25, 0.3) is 0 Å². The summed E-state index contributed by atoms with van der Waals surface area (Å²) in [7, 11) is -3.65. The maximum Gasteiger partial charge on any atom is 0.238 e. The van der Waals surface area contributed by atoms with E-state index >= 15 is 0 Å². The molecule has 0 aliphatic carbocycles. The van der Waals surface area contributed by atoms with Crippen molar-refractivity contribution in [3.8, 4) is 0 Å². The van der Waals surface area contributed by atoms with Crippen LogP contribution in [0.15, 0.2) is 47.6 Å². The Morgan fingerprint density at radius 1 is 1.31 bits per heavy atom. The Hall–Kier alpha value is -1.59. The molecule has 2 rings (SSSR count). The van der Waals surface area contributed by atoms with Crippen LogP contribution >= 0.6 is 0 Å². The molecule has 0 radical (unpaired) electrons. The van der Waals surface area contributed by atoms with Gasteiger partial charge in [-0.1, -0.05) is 12.1 Å². The number of hydrogen-bond acceptors (Lipinski definition) is 3. The second-order valence-electron chi connectivity index (χ2n) is 3.37. The standard InChI is InChI=1S/C11H11NO3S/c12-16(13,14)11-3-1-2-10(8-11)9-4-6-15-7-5-9/h1-6,8H,7H2,(H2,12,13,14). The van der Waals surface area contributed by atoms with Gasteiger partial charge in [0.05, 0.1) is 11.2 Å². The Kier molecular flexibility index (Phi) is 2.80. The molecule has 1 aromatic carbocycles. The fraction of sp³-hybridized carbons (Fsp3) is 0.0909. The Morgan fingerprint density at radius 3 is 2.75 bits per heavy atom. The first kappa shape index (κ1) is 10.9. The molecule has 16 heavy (non-hydrogen) atoms. The minimum atomic E-state index is -3.65. The number of hydrogen-bond donors (Lipinski definition) is 1. The van der Waals surface area contributed by atoms with E-state index in [0.29, 0.717) is 6.61 Å². The van der Waals surface area contributed by atoms with Crippen LogP contribution in [0, 0.1) is 0 Å². The minimum absolute atomic E-state index is 0.116. The Labute approximate surface area is 94.1 Å². The maximum atomic E-state index is 11.2. The van der Waals surface area contributed by atoms with Gasteiger partial charge in [0.15, 0.2) is 0 Å². The van der Waals surface area contributed by atoms with E-state index in [9.17, 15) is 8.42 Å². The van der Waals surface area contributed by atoms with Crippen molar-refractivity contribution in [1.82, 2.24) is 0 Å². The molecular weight excluding hydrogens is 226 g/mol. The number of rotatable bonds is 2. The summed E-state index contributed by atoms with van der Waals surface area (Å²) in [5, 5.41) is 5.07. The van der Waals surface area contributed by atoms with Crippen LogP contribution in [0.1, 0.15) is 5.56 Å². The van der Waals surface area contributed by atoms with E-state index in [1.807, 2.05) is 12.1 Å². The molecule has 0 unspecified atom stereocenters. The Morgan fingerprint density at radius 2 is 2.12 bits per heavy atom. The molecule has 84 valence electrons. The van der Waals surface area contributed by atoms with Crippen molar-refractivity contribution in [2.24, 2.45) is 5.14 Å². The summed E-state index contributed by atoms with van der Waals surface area (Å²) in [5.74, 6) is 0. The van der Waals surface area contributed by atoms with Gasteiger partial charge in [-0.3, -0.25) is 0 Å². The first-order chi connectivity index (χ1) is 7.57. The van der Waals surface area contributed by atoms with Crippen LogP contribution in [0.2, 0.25) is 0 Å². The molecule has 1 aromatic rings. The van der Waals surface area contributed by atoms with Gasteiger partial charge in [-0.05, 0) is 35.4 Å². The molecule has 4 nitrogen and oxygen atoms in total. The lowest BCUT2D eigenvalue weighted by atomic mass is 10.1. The fourth-order valence-corrected chi connectivity index (χ4v) is 2.01. The van der Waals surface area contributed by atoms with Crippen molar-refractivity contribution in [3.05, 3.63) is 48.2 Å². The number of allylic oxidation sites excluding steroid dienone is 2. The first-order valence-corrected chi connectivity index (χ1v) is 6.23. The highest BCUT2D eigenvalue weighted by Gasteiger charge is 2.09. The molecule has 0 bridgehead atoms. The number of nitrogens with two attached hydrogens (primary N) is 1. The number of benzene rings is 1. The topological polar surface area (TPSA) is 69.4 Å². The molecule has 0 saturated heterocycles. The van der Waals surface area contributed by atoms with Crippen LogP contribution in [0.4, 0.5) is 0 Å². The Balaban J connectivity index is 2.44. The molecule has 0 atom stereocenters. The zero-order valence-electron chi connectivity index (χ0n) is 8.46. The van der Waals surface area contributed by atoms with Gasteiger partial charge < -0.3 is 4.74 Å². The Bertz CT molecular complexity index is 558. The van der Waals surface area contributed by atoms with E-state index in [0.717, 1.165) is 11.1 Å². The summed E-state index contributed by atoms with van der Waals surface area (Å²) in [4.78, 5) is 0.116. The van der Waals surface area contributed by atoms with Crippen molar-refractivity contribution < 1.29 is 13.2 Å². The van der Waals surface area contributed by atoms with Crippen molar-refractivity contribution in [2.45, 2.75) is 4.90 Å². The highest BCUT2D eigenvalue weighted by Crippen LogP contribution is 2.20. The van der Waals surface area contributed by atoms with E-state index in [-0.39, 0.29) is 4.90 Å². The van der Waals surface area contributed by atoms with Crippen molar-refractivity contribution >= 4 is 15.6 Å². The SMILES string of the molecule is NS(=O)(=O)c1cccc(C2=CCOC=C2)c1. The van der Waals surface area contributed by atoms with E-state index in [1.165, 1.54) is 6.07 Å². The molecule has 5 heteroatoms. The highest BCUT2D eigenvalue weighted by molar-refractivity contribution is 7.89. The molecule has 0 fully saturated rings. The molecule has 1 heterocycles. The smallest absolute Gasteiger partial charge is 0.238 e. The van der Waals surface area contributed by atoms with E-state index in [4.69, 9.17) is 9.88 Å². The predicted octanol–water partition coefficient (Wildman–Crippen LogP) is 1.26. The van der Waals surface area contributed by atoms with Gasteiger partial charge in [-0.25, -0.2) is 13.6 Å². The van der Waals surface area contributed by atoms with Crippen LogP contribution in [0.25, 0.3) is 5.57 Å². The van der Waals surface area contributed by atoms with Crippen LogP contribution in [-0.2, 0) is 14.8 Å². The number of sulfonamides is 1. The highest BCUT2D eigenvalue weighted by atomic mass is 32.2. The normalized spacial score (nSPS) is 15.4. The van der Waals surface area contributed by atoms with Gasteiger partial charge in [-0.2, -0.15) is 0 Å². The lowest BCUT2D eigenvalue weighted by molar-refractivity contribution is 0.287. The summed E-state index contributed by atoms with van der Waals surface area (Å²) in [5.41, 5.74) is 1.74. The van der Waals surface area contributed by atoms with Crippen molar-refractivity contribution in [3.63, 3.8) is 0 Å². The molecule has 0 spiro atoms. The number of primary sulfonamides is 1. The molecule has 0 saturated carbocycles. The van der Waals surface area contributed by atoms with E-state index in [1.54, 1.807) is 24.5 Å². The van der Waals surface area contributed by atoms with Gasteiger partial charge in [-0.15, -0.1) is 0 Å². The largest absolute Gasteiger partial charge is 0.497 e. The van der Waals surface area contributed by atoms with Crippen molar-refractivity contribution in [1.29, 1.82) is 0 Å².